The molecule has 1 atom stereocenters. The predicted octanol–water partition coefficient (Wildman–Crippen LogP) is 1.81. The van der Waals surface area contributed by atoms with Crippen LogP contribution >= 0.6 is 0 Å². The van der Waals surface area contributed by atoms with Crippen LogP contribution in [0.4, 0.5) is 0 Å². The Morgan fingerprint density at radius 1 is 1.20 bits per heavy atom. The van der Waals surface area contributed by atoms with Gasteiger partial charge in [-0.1, -0.05) is 20.3 Å². The first-order chi connectivity index (χ1) is 9.61. The van der Waals surface area contributed by atoms with Gasteiger partial charge in [-0.05, 0) is 51.1 Å². The molecule has 0 aromatic carbocycles. The Labute approximate surface area is 122 Å². The van der Waals surface area contributed by atoms with Crippen molar-refractivity contribution in [3.63, 3.8) is 0 Å². The van der Waals surface area contributed by atoms with Gasteiger partial charge in [0, 0.05) is 13.1 Å². The molecule has 0 bridgehead atoms. The molecule has 2 aliphatic heterocycles. The number of piperidine rings is 1. The molecule has 4 heteroatoms. The van der Waals surface area contributed by atoms with E-state index in [4.69, 9.17) is 0 Å². The van der Waals surface area contributed by atoms with Gasteiger partial charge in [-0.3, -0.25) is 10.1 Å². The Balaban J connectivity index is 1.58. The molecule has 1 saturated carbocycles. The summed E-state index contributed by atoms with van der Waals surface area (Å²) in [5.74, 6) is 1.01. The van der Waals surface area contributed by atoms with E-state index >= 15 is 0 Å². The Bertz CT molecular complexity index is 359. The number of amides is 1. The molecule has 114 valence electrons. The van der Waals surface area contributed by atoms with Gasteiger partial charge < -0.3 is 9.80 Å². The normalized spacial score (nSPS) is 29.6. The van der Waals surface area contributed by atoms with E-state index in [0.717, 1.165) is 32.4 Å². The number of carbonyl (C=O) groups is 1. The van der Waals surface area contributed by atoms with E-state index in [1.54, 1.807) is 0 Å². The minimum atomic E-state index is -0.151. The van der Waals surface area contributed by atoms with Crippen molar-refractivity contribution in [2.45, 2.75) is 64.1 Å². The first-order valence-electron chi connectivity index (χ1n) is 8.42. The van der Waals surface area contributed by atoms with Crippen molar-refractivity contribution in [3.8, 4) is 0 Å². The van der Waals surface area contributed by atoms with Crippen molar-refractivity contribution in [1.82, 2.24) is 15.1 Å². The molecular formula is C16H29N3O. The zero-order valence-corrected chi connectivity index (χ0v) is 13.0. The van der Waals surface area contributed by atoms with Gasteiger partial charge in [0.2, 0.25) is 5.91 Å². The lowest BCUT2D eigenvalue weighted by Gasteiger charge is -2.31. The Kier molecular flexibility index (Phi) is 4.04. The summed E-state index contributed by atoms with van der Waals surface area (Å²) in [5, 5.41) is 3.62. The molecule has 1 aliphatic carbocycles. The van der Waals surface area contributed by atoms with Crippen LogP contribution in [0.1, 0.15) is 52.4 Å². The highest BCUT2D eigenvalue weighted by atomic mass is 16.2. The first kappa shape index (κ1) is 14.3. The van der Waals surface area contributed by atoms with Crippen LogP contribution in [0.5, 0.6) is 0 Å². The molecular weight excluding hydrogens is 250 g/mol. The van der Waals surface area contributed by atoms with E-state index in [0.29, 0.717) is 11.8 Å². The van der Waals surface area contributed by atoms with E-state index in [1.807, 2.05) is 0 Å². The van der Waals surface area contributed by atoms with Crippen molar-refractivity contribution in [2.24, 2.45) is 5.92 Å². The number of rotatable bonds is 5. The smallest absolute Gasteiger partial charge is 0.244 e. The fourth-order valence-electron chi connectivity index (χ4n) is 3.68. The van der Waals surface area contributed by atoms with Crippen LogP contribution < -0.4 is 5.32 Å². The van der Waals surface area contributed by atoms with Crippen LogP contribution in [0.3, 0.4) is 0 Å². The molecule has 1 spiro atoms. The van der Waals surface area contributed by atoms with Gasteiger partial charge in [-0.2, -0.15) is 0 Å². The number of hydrogen-bond donors (Lipinski definition) is 1. The fourth-order valence-corrected chi connectivity index (χ4v) is 3.68. The van der Waals surface area contributed by atoms with Gasteiger partial charge in [0.1, 0.15) is 0 Å². The van der Waals surface area contributed by atoms with Crippen LogP contribution in [-0.4, -0.2) is 53.6 Å². The highest BCUT2D eigenvalue weighted by Crippen LogP contribution is 2.42. The van der Waals surface area contributed by atoms with Crippen LogP contribution in [0, 0.1) is 5.92 Å². The van der Waals surface area contributed by atoms with Crippen molar-refractivity contribution in [2.75, 3.05) is 26.2 Å². The molecule has 2 heterocycles. The summed E-state index contributed by atoms with van der Waals surface area (Å²) in [5.41, 5.74) is -0.151. The molecule has 3 rings (SSSR count). The van der Waals surface area contributed by atoms with Crippen LogP contribution in [0.15, 0.2) is 0 Å². The largest absolute Gasteiger partial charge is 0.324 e. The summed E-state index contributed by atoms with van der Waals surface area (Å²) < 4.78 is 0. The molecule has 1 amide bonds. The molecule has 0 radical (unpaired) electrons. The molecule has 2 saturated heterocycles. The lowest BCUT2D eigenvalue weighted by atomic mass is 10.1. The SMILES string of the molecule is CC(C)CC1NC2(CC2)C(=O)N1CCN1CCCCC1. The average Bonchev–Trinajstić information content (AvgIpc) is 3.15. The molecule has 4 nitrogen and oxygen atoms in total. The molecule has 20 heavy (non-hydrogen) atoms. The lowest BCUT2D eigenvalue weighted by Crippen LogP contribution is -2.44. The molecule has 3 fully saturated rings. The third-order valence-corrected chi connectivity index (χ3v) is 5.04. The standard InChI is InChI=1S/C16H29N3O/c1-13(2)12-14-17-16(6-7-16)15(20)19(14)11-10-18-8-4-3-5-9-18/h13-14,17H,3-12H2,1-2H3. The summed E-state index contributed by atoms with van der Waals surface area (Å²) in [7, 11) is 0. The number of hydrogen-bond acceptors (Lipinski definition) is 3. The first-order valence-corrected chi connectivity index (χ1v) is 8.42. The molecule has 1 N–H and O–H groups in total. The topological polar surface area (TPSA) is 35.6 Å². The van der Waals surface area contributed by atoms with E-state index in [9.17, 15) is 4.79 Å². The number of likely N-dealkylation sites (tertiary alicyclic amines) is 1. The maximum atomic E-state index is 12.6. The summed E-state index contributed by atoms with van der Waals surface area (Å²) >= 11 is 0. The van der Waals surface area contributed by atoms with Gasteiger partial charge in [-0.25, -0.2) is 0 Å². The number of nitrogens with zero attached hydrogens (tertiary/aromatic N) is 2. The van der Waals surface area contributed by atoms with E-state index in [1.165, 1.54) is 32.4 Å². The average molecular weight is 279 g/mol. The minimum Gasteiger partial charge on any atom is -0.324 e. The van der Waals surface area contributed by atoms with Gasteiger partial charge in [-0.15, -0.1) is 0 Å². The van der Waals surface area contributed by atoms with E-state index in [-0.39, 0.29) is 11.7 Å². The highest BCUT2D eigenvalue weighted by molar-refractivity contribution is 5.91. The summed E-state index contributed by atoms with van der Waals surface area (Å²) in [6.45, 7) is 8.88. The van der Waals surface area contributed by atoms with Gasteiger partial charge in [0.05, 0.1) is 11.7 Å². The van der Waals surface area contributed by atoms with Crippen LogP contribution in [-0.2, 0) is 4.79 Å². The molecule has 0 aromatic heterocycles. The lowest BCUT2D eigenvalue weighted by molar-refractivity contribution is -0.131. The van der Waals surface area contributed by atoms with Crippen LogP contribution in [0.2, 0.25) is 0 Å². The Morgan fingerprint density at radius 3 is 2.50 bits per heavy atom. The third-order valence-electron chi connectivity index (χ3n) is 5.04. The fraction of sp³-hybridized carbons (Fsp3) is 0.938. The molecule has 3 aliphatic rings. The van der Waals surface area contributed by atoms with Gasteiger partial charge >= 0.3 is 0 Å². The summed E-state index contributed by atoms with van der Waals surface area (Å²) in [6.07, 6.45) is 7.46. The maximum Gasteiger partial charge on any atom is 0.244 e. The zero-order valence-electron chi connectivity index (χ0n) is 13.0. The maximum absolute atomic E-state index is 12.6. The second-order valence-corrected chi connectivity index (χ2v) is 7.27. The second kappa shape index (κ2) is 5.64. The molecule has 1 unspecified atom stereocenters. The number of nitrogens with one attached hydrogen (secondary N) is 1. The quantitative estimate of drug-likeness (QED) is 0.833. The van der Waals surface area contributed by atoms with Gasteiger partial charge in [0.15, 0.2) is 0 Å². The minimum absolute atomic E-state index is 0.151. The van der Waals surface area contributed by atoms with Crippen molar-refractivity contribution < 1.29 is 4.79 Å². The second-order valence-electron chi connectivity index (χ2n) is 7.27. The van der Waals surface area contributed by atoms with Crippen molar-refractivity contribution in [1.29, 1.82) is 0 Å². The van der Waals surface area contributed by atoms with Gasteiger partial charge in [0.25, 0.3) is 0 Å². The van der Waals surface area contributed by atoms with Crippen molar-refractivity contribution >= 4 is 5.91 Å². The monoisotopic (exact) mass is 279 g/mol. The third kappa shape index (κ3) is 2.86. The summed E-state index contributed by atoms with van der Waals surface area (Å²) in [4.78, 5) is 17.3. The summed E-state index contributed by atoms with van der Waals surface area (Å²) in [6, 6.07) is 0. The van der Waals surface area contributed by atoms with E-state index in [2.05, 4.69) is 29.0 Å². The number of carbonyl (C=O) groups excluding carboxylic acids is 1. The van der Waals surface area contributed by atoms with Crippen molar-refractivity contribution in [3.05, 3.63) is 0 Å². The highest BCUT2D eigenvalue weighted by Gasteiger charge is 2.58. The zero-order chi connectivity index (χ0) is 14.2. The Morgan fingerprint density at radius 2 is 1.90 bits per heavy atom. The predicted molar refractivity (Wildman–Crippen MR) is 80.3 cm³/mol. The van der Waals surface area contributed by atoms with E-state index < -0.39 is 0 Å². The molecule has 0 aromatic rings. The Hall–Kier alpha value is -0.610. The van der Waals surface area contributed by atoms with Crippen LogP contribution in [0.25, 0.3) is 0 Å².